The van der Waals surface area contributed by atoms with Gasteiger partial charge in [-0.25, -0.2) is 9.69 Å². The van der Waals surface area contributed by atoms with Gasteiger partial charge in [-0.05, 0) is 61.8 Å². The average Bonchev–Trinajstić information content (AvgIpc) is 2.86. The molecule has 0 unspecified atom stereocenters. The minimum absolute atomic E-state index is 0.0253. The van der Waals surface area contributed by atoms with Crippen molar-refractivity contribution in [2.45, 2.75) is 45.1 Å². The predicted octanol–water partition coefficient (Wildman–Crippen LogP) is 2.76. The molecule has 1 aliphatic heterocycles. The lowest BCUT2D eigenvalue weighted by Crippen LogP contribution is -2.53. The van der Waals surface area contributed by atoms with Crippen LogP contribution in [0, 0.1) is 23.2 Å². The van der Waals surface area contributed by atoms with Crippen LogP contribution in [0.2, 0.25) is 0 Å². The molecule has 4 bridgehead atoms. The van der Waals surface area contributed by atoms with Gasteiger partial charge in [0.25, 0.3) is 0 Å². The van der Waals surface area contributed by atoms with Crippen molar-refractivity contribution in [1.29, 1.82) is 0 Å². The molecule has 1 saturated heterocycles. The number of imide groups is 2. The Morgan fingerprint density at radius 1 is 0.857 bits per heavy atom. The highest BCUT2D eigenvalue weighted by atomic mass is 16.2. The van der Waals surface area contributed by atoms with E-state index < -0.39 is 17.8 Å². The Morgan fingerprint density at radius 2 is 1.39 bits per heavy atom. The van der Waals surface area contributed by atoms with Crippen LogP contribution in [0.15, 0.2) is 30.3 Å². The van der Waals surface area contributed by atoms with E-state index in [-0.39, 0.29) is 24.3 Å². The Balaban J connectivity index is 1.32. The minimum Gasteiger partial charge on any atom is -0.297 e. The largest absolute Gasteiger partial charge is 0.334 e. The molecule has 4 saturated carbocycles. The first-order valence-electron chi connectivity index (χ1n) is 10.2. The lowest BCUT2D eigenvalue weighted by molar-refractivity contribution is -0.148. The molecule has 1 aromatic rings. The molecule has 0 aromatic heterocycles. The number of amides is 4. The van der Waals surface area contributed by atoms with E-state index in [2.05, 4.69) is 0 Å². The fourth-order valence-corrected chi connectivity index (χ4v) is 6.36. The van der Waals surface area contributed by atoms with Crippen LogP contribution in [0.5, 0.6) is 0 Å². The summed E-state index contributed by atoms with van der Waals surface area (Å²) >= 11 is 0. The summed E-state index contributed by atoms with van der Waals surface area (Å²) in [4.78, 5) is 52.6. The van der Waals surface area contributed by atoms with E-state index >= 15 is 0 Å². The number of Topliss-reactive ketones (excluding diaryl/α,β-unsaturated/α-hetero) is 1. The lowest BCUT2D eigenvalue weighted by Gasteiger charge is -2.56. The summed E-state index contributed by atoms with van der Waals surface area (Å²) in [6.45, 7) is -0.215. The summed E-state index contributed by atoms with van der Waals surface area (Å²) in [6, 6.07) is 8.41. The van der Waals surface area contributed by atoms with Crippen molar-refractivity contribution in [2.24, 2.45) is 23.2 Å². The van der Waals surface area contributed by atoms with Crippen LogP contribution in [-0.2, 0) is 20.9 Å². The van der Waals surface area contributed by atoms with Crippen molar-refractivity contribution < 1.29 is 19.2 Å². The van der Waals surface area contributed by atoms with Gasteiger partial charge in [-0.15, -0.1) is 0 Å². The number of carbonyl (C=O) groups excluding carboxylic acids is 4. The van der Waals surface area contributed by atoms with E-state index in [1.54, 1.807) is 12.1 Å². The second-order valence-corrected chi connectivity index (χ2v) is 9.17. The van der Waals surface area contributed by atoms with E-state index in [0.717, 1.165) is 34.6 Å². The number of rotatable bonds is 5. The third-order valence-electron chi connectivity index (χ3n) is 7.25. The SMILES string of the molecule is O=C1C(=O)N(Cc2ccccc2)C(=O)N1CC(=O)C12CC3CC(CC(C3)C1)C2. The zero-order valence-corrected chi connectivity index (χ0v) is 15.8. The molecule has 0 atom stereocenters. The maximum atomic E-state index is 13.2. The van der Waals surface area contributed by atoms with Crippen LogP contribution < -0.4 is 0 Å². The summed E-state index contributed by atoms with van der Waals surface area (Å²) in [5.41, 5.74) is 0.386. The Bertz CT molecular complexity index is 827. The standard InChI is InChI=1S/C22H24N2O4/c25-18(22-9-15-6-16(10-22)8-17(7-15)11-22)13-24-20(27)19(26)23(21(24)28)12-14-4-2-1-3-5-14/h1-5,15-17H,6-13H2. The normalized spacial score (nSPS) is 33.9. The van der Waals surface area contributed by atoms with Gasteiger partial charge in [0.05, 0.1) is 13.1 Å². The third kappa shape index (κ3) is 2.69. The van der Waals surface area contributed by atoms with Gasteiger partial charge in [-0.1, -0.05) is 30.3 Å². The molecule has 1 aromatic carbocycles. The van der Waals surface area contributed by atoms with Crippen molar-refractivity contribution in [1.82, 2.24) is 9.80 Å². The van der Waals surface area contributed by atoms with Gasteiger partial charge in [0, 0.05) is 5.41 Å². The molecule has 146 valence electrons. The molecule has 6 nitrogen and oxygen atoms in total. The van der Waals surface area contributed by atoms with Crippen molar-refractivity contribution in [3.8, 4) is 0 Å². The molecular weight excluding hydrogens is 356 g/mol. The summed E-state index contributed by atoms with van der Waals surface area (Å²) in [6.07, 6.45) is 6.31. The summed E-state index contributed by atoms with van der Waals surface area (Å²) in [5.74, 6) is 0.0815. The number of nitrogens with zero attached hydrogens (tertiary/aromatic N) is 2. The zero-order valence-electron chi connectivity index (χ0n) is 15.8. The van der Waals surface area contributed by atoms with Crippen molar-refractivity contribution in [3.63, 3.8) is 0 Å². The van der Waals surface area contributed by atoms with Crippen LogP contribution in [0.3, 0.4) is 0 Å². The fraction of sp³-hybridized carbons (Fsp3) is 0.545. The Morgan fingerprint density at radius 3 is 1.96 bits per heavy atom. The predicted molar refractivity (Wildman–Crippen MR) is 99.7 cm³/mol. The number of ketones is 1. The van der Waals surface area contributed by atoms with Crippen LogP contribution in [0.25, 0.3) is 0 Å². The summed E-state index contributed by atoms with van der Waals surface area (Å²) in [5, 5.41) is 0. The Labute approximate surface area is 163 Å². The third-order valence-corrected chi connectivity index (χ3v) is 7.25. The van der Waals surface area contributed by atoms with Gasteiger partial charge < -0.3 is 0 Å². The first-order valence-corrected chi connectivity index (χ1v) is 10.2. The number of hydrogen-bond donors (Lipinski definition) is 0. The maximum Gasteiger partial charge on any atom is 0.334 e. The second-order valence-electron chi connectivity index (χ2n) is 9.17. The van der Waals surface area contributed by atoms with Gasteiger partial charge in [-0.3, -0.25) is 19.3 Å². The molecule has 5 fully saturated rings. The van der Waals surface area contributed by atoms with E-state index in [4.69, 9.17) is 0 Å². The monoisotopic (exact) mass is 380 g/mol. The molecule has 0 N–H and O–H groups in total. The second kappa shape index (κ2) is 6.26. The zero-order chi connectivity index (χ0) is 19.5. The molecule has 6 rings (SSSR count). The van der Waals surface area contributed by atoms with E-state index in [1.165, 1.54) is 19.3 Å². The Kier molecular flexibility index (Phi) is 3.93. The topological polar surface area (TPSA) is 74.8 Å². The molecule has 1 heterocycles. The van der Waals surface area contributed by atoms with Gasteiger partial charge in [-0.2, -0.15) is 0 Å². The molecule has 28 heavy (non-hydrogen) atoms. The highest BCUT2D eigenvalue weighted by molar-refractivity contribution is 6.45. The molecule has 6 heteroatoms. The van der Waals surface area contributed by atoms with Crippen molar-refractivity contribution in [2.75, 3.05) is 6.54 Å². The number of benzene rings is 1. The molecule has 0 radical (unpaired) electrons. The minimum atomic E-state index is -0.876. The van der Waals surface area contributed by atoms with Gasteiger partial charge in [0.1, 0.15) is 0 Å². The highest BCUT2D eigenvalue weighted by Crippen LogP contribution is 2.60. The first kappa shape index (κ1) is 17.6. The van der Waals surface area contributed by atoms with E-state index in [1.807, 2.05) is 18.2 Å². The van der Waals surface area contributed by atoms with Crippen LogP contribution in [-0.4, -0.2) is 40.0 Å². The van der Waals surface area contributed by atoms with Crippen molar-refractivity contribution in [3.05, 3.63) is 35.9 Å². The smallest absolute Gasteiger partial charge is 0.297 e. The maximum absolute atomic E-state index is 13.2. The fourth-order valence-electron chi connectivity index (χ4n) is 6.36. The van der Waals surface area contributed by atoms with Gasteiger partial charge >= 0.3 is 17.8 Å². The quantitative estimate of drug-likeness (QED) is 0.581. The van der Waals surface area contributed by atoms with E-state index in [0.29, 0.717) is 17.8 Å². The van der Waals surface area contributed by atoms with Gasteiger partial charge in [0.2, 0.25) is 0 Å². The summed E-state index contributed by atoms with van der Waals surface area (Å²) < 4.78 is 0. The lowest BCUT2D eigenvalue weighted by atomic mass is 9.48. The molecule has 0 spiro atoms. The summed E-state index contributed by atoms with van der Waals surface area (Å²) in [7, 11) is 0. The number of urea groups is 1. The van der Waals surface area contributed by atoms with Crippen LogP contribution >= 0.6 is 0 Å². The van der Waals surface area contributed by atoms with Gasteiger partial charge in [0.15, 0.2) is 5.78 Å². The Hall–Kier alpha value is -2.50. The van der Waals surface area contributed by atoms with Crippen LogP contribution in [0.1, 0.15) is 44.1 Å². The van der Waals surface area contributed by atoms with Crippen LogP contribution in [0.4, 0.5) is 4.79 Å². The number of hydrogen-bond acceptors (Lipinski definition) is 4. The molecular formula is C22H24N2O4. The molecule has 4 amide bonds. The van der Waals surface area contributed by atoms with Crippen molar-refractivity contribution >= 4 is 23.6 Å². The first-order chi connectivity index (χ1) is 13.4. The van der Waals surface area contributed by atoms with E-state index in [9.17, 15) is 19.2 Å². The highest BCUT2D eigenvalue weighted by Gasteiger charge is 2.55. The molecule has 4 aliphatic carbocycles. The molecule has 5 aliphatic rings. The average molecular weight is 380 g/mol. The number of carbonyl (C=O) groups is 4.